The lowest BCUT2D eigenvalue weighted by Crippen LogP contribution is -2.40. The Morgan fingerprint density at radius 2 is 1.92 bits per heavy atom. The monoisotopic (exact) mass is 327 g/mol. The van der Waals surface area contributed by atoms with Gasteiger partial charge >= 0.3 is 6.03 Å². The van der Waals surface area contributed by atoms with Crippen molar-refractivity contribution < 1.29 is 9.90 Å². The molecule has 128 valence electrons. The molecule has 24 heavy (non-hydrogen) atoms. The van der Waals surface area contributed by atoms with Gasteiger partial charge in [0.2, 0.25) is 0 Å². The molecule has 0 aliphatic carbocycles. The summed E-state index contributed by atoms with van der Waals surface area (Å²) >= 11 is 0. The highest BCUT2D eigenvalue weighted by Gasteiger charge is 2.21. The Morgan fingerprint density at radius 3 is 2.54 bits per heavy atom. The van der Waals surface area contributed by atoms with Crippen molar-refractivity contribution in [3.05, 3.63) is 66.0 Å². The van der Waals surface area contributed by atoms with Crippen molar-refractivity contribution in [3.8, 4) is 0 Å². The van der Waals surface area contributed by atoms with Crippen LogP contribution in [0.3, 0.4) is 0 Å². The number of benzene rings is 1. The standard InChI is InChI=1S/C19H25N3O2/c1-15(17-10-6-12-20-14-17)22(2)19(24)21-18(11-7-13-23)16-8-4-3-5-9-16/h3-6,8-10,12,14-15,18,23H,7,11,13H2,1-2H3,(H,21,24). The molecule has 2 amide bonds. The minimum absolute atomic E-state index is 0.0760. The van der Waals surface area contributed by atoms with Crippen LogP contribution in [0.15, 0.2) is 54.9 Å². The third-order valence-electron chi connectivity index (χ3n) is 4.22. The number of pyridine rings is 1. The minimum Gasteiger partial charge on any atom is -0.396 e. The normalized spacial score (nSPS) is 13.1. The van der Waals surface area contributed by atoms with Crippen LogP contribution in [0, 0.1) is 0 Å². The second-order valence-corrected chi connectivity index (χ2v) is 5.85. The lowest BCUT2D eigenvalue weighted by Gasteiger charge is -2.28. The molecule has 0 radical (unpaired) electrons. The molecule has 0 saturated heterocycles. The number of aliphatic hydroxyl groups is 1. The average Bonchev–Trinajstić information content (AvgIpc) is 2.65. The Bertz CT molecular complexity index is 619. The van der Waals surface area contributed by atoms with Crippen molar-refractivity contribution in [2.75, 3.05) is 13.7 Å². The zero-order valence-electron chi connectivity index (χ0n) is 14.2. The van der Waals surface area contributed by atoms with Crippen LogP contribution in [0.2, 0.25) is 0 Å². The van der Waals surface area contributed by atoms with E-state index in [1.165, 1.54) is 0 Å². The number of carbonyl (C=O) groups is 1. The summed E-state index contributed by atoms with van der Waals surface area (Å²) in [5, 5.41) is 12.2. The van der Waals surface area contributed by atoms with E-state index in [9.17, 15) is 4.79 Å². The summed E-state index contributed by atoms with van der Waals surface area (Å²) in [5.74, 6) is 0. The fourth-order valence-corrected chi connectivity index (χ4v) is 2.58. The van der Waals surface area contributed by atoms with E-state index in [1.807, 2.05) is 49.4 Å². The number of nitrogens with one attached hydrogen (secondary N) is 1. The van der Waals surface area contributed by atoms with Gasteiger partial charge in [-0.3, -0.25) is 4.98 Å². The molecule has 5 nitrogen and oxygen atoms in total. The topological polar surface area (TPSA) is 65.5 Å². The zero-order valence-corrected chi connectivity index (χ0v) is 14.2. The van der Waals surface area contributed by atoms with Crippen molar-refractivity contribution >= 4 is 6.03 Å². The zero-order chi connectivity index (χ0) is 17.4. The summed E-state index contributed by atoms with van der Waals surface area (Å²) in [6, 6.07) is 13.3. The summed E-state index contributed by atoms with van der Waals surface area (Å²) in [4.78, 5) is 18.4. The van der Waals surface area contributed by atoms with E-state index in [-0.39, 0.29) is 24.7 Å². The predicted octanol–water partition coefficient (Wildman–Crippen LogP) is 3.30. The highest BCUT2D eigenvalue weighted by atomic mass is 16.3. The second kappa shape index (κ2) is 9.03. The molecule has 2 unspecified atom stereocenters. The lowest BCUT2D eigenvalue weighted by atomic mass is 10.0. The maximum atomic E-state index is 12.6. The summed E-state index contributed by atoms with van der Waals surface area (Å²) in [7, 11) is 1.78. The molecule has 0 fully saturated rings. The SMILES string of the molecule is CC(c1cccnc1)N(C)C(=O)NC(CCCO)c1ccccc1. The first-order valence-electron chi connectivity index (χ1n) is 8.22. The van der Waals surface area contributed by atoms with Crippen LogP contribution in [0.5, 0.6) is 0 Å². The first-order valence-corrected chi connectivity index (χ1v) is 8.22. The number of urea groups is 1. The van der Waals surface area contributed by atoms with Gasteiger partial charge in [-0.15, -0.1) is 0 Å². The van der Waals surface area contributed by atoms with Gasteiger partial charge in [0.15, 0.2) is 0 Å². The molecule has 0 aliphatic rings. The molecule has 0 bridgehead atoms. The van der Waals surface area contributed by atoms with Gasteiger partial charge in [-0.2, -0.15) is 0 Å². The molecule has 2 rings (SSSR count). The van der Waals surface area contributed by atoms with Crippen molar-refractivity contribution in [1.82, 2.24) is 15.2 Å². The van der Waals surface area contributed by atoms with E-state index in [2.05, 4.69) is 10.3 Å². The first-order chi connectivity index (χ1) is 11.6. The Kier molecular flexibility index (Phi) is 6.75. The largest absolute Gasteiger partial charge is 0.396 e. The molecule has 0 spiro atoms. The van der Waals surface area contributed by atoms with Gasteiger partial charge in [0, 0.05) is 26.0 Å². The van der Waals surface area contributed by atoms with Crippen LogP contribution < -0.4 is 5.32 Å². The Hall–Kier alpha value is -2.40. The predicted molar refractivity (Wildman–Crippen MR) is 94.4 cm³/mol. The van der Waals surface area contributed by atoms with Gasteiger partial charge in [0.1, 0.15) is 0 Å². The minimum atomic E-state index is -0.141. The molecule has 0 saturated carbocycles. The van der Waals surface area contributed by atoms with E-state index in [0.29, 0.717) is 12.8 Å². The highest BCUT2D eigenvalue weighted by Crippen LogP contribution is 2.21. The number of hydrogen-bond acceptors (Lipinski definition) is 3. The number of hydrogen-bond donors (Lipinski definition) is 2. The maximum Gasteiger partial charge on any atom is 0.318 e. The van der Waals surface area contributed by atoms with Crippen LogP contribution in [-0.2, 0) is 0 Å². The lowest BCUT2D eigenvalue weighted by molar-refractivity contribution is 0.188. The summed E-state index contributed by atoms with van der Waals surface area (Å²) in [6.45, 7) is 2.09. The summed E-state index contributed by atoms with van der Waals surface area (Å²) < 4.78 is 0. The third kappa shape index (κ3) is 4.80. The summed E-state index contributed by atoms with van der Waals surface area (Å²) in [5.41, 5.74) is 2.03. The number of amides is 2. The quantitative estimate of drug-likeness (QED) is 0.820. The van der Waals surface area contributed by atoms with Gasteiger partial charge in [0.05, 0.1) is 12.1 Å². The number of nitrogens with zero attached hydrogens (tertiary/aromatic N) is 2. The molecule has 1 aromatic heterocycles. The number of rotatable bonds is 7. The molecule has 2 N–H and O–H groups in total. The Balaban J connectivity index is 2.06. The molecule has 1 aromatic carbocycles. The van der Waals surface area contributed by atoms with Crippen LogP contribution >= 0.6 is 0 Å². The molecular formula is C19H25N3O2. The van der Waals surface area contributed by atoms with Gasteiger partial charge in [-0.25, -0.2) is 4.79 Å². The van der Waals surface area contributed by atoms with E-state index >= 15 is 0 Å². The fraction of sp³-hybridized carbons (Fsp3) is 0.368. The van der Waals surface area contributed by atoms with E-state index in [4.69, 9.17) is 5.11 Å². The van der Waals surface area contributed by atoms with Crippen LogP contribution in [0.1, 0.15) is 43.0 Å². The highest BCUT2D eigenvalue weighted by molar-refractivity contribution is 5.75. The van der Waals surface area contributed by atoms with E-state index in [0.717, 1.165) is 11.1 Å². The number of aromatic nitrogens is 1. The summed E-state index contributed by atoms with van der Waals surface area (Å²) in [6.07, 6.45) is 4.83. The third-order valence-corrected chi connectivity index (χ3v) is 4.22. The fourth-order valence-electron chi connectivity index (χ4n) is 2.58. The Morgan fingerprint density at radius 1 is 1.21 bits per heavy atom. The van der Waals surface area contributed by atoms with Crippen LogP contribution in [0.4, 0.5) is 4.79 Å². The Labute approximate surface area is 143 Å². The van der Waals surface area contributed by atoms with Crippen molar-refractivity contribution in [2.24, 2.45) is 0 Å². The van der Waals surface area contributed by atoms with Gasteiger partial charge < -0.3 is 15.3 Å². The molecule has 0 aliphatic heterocycles. The van der Waals surface area contributed by atoms with E-state index in [1.54, 1.807) is 24.3 Å². The van der Waals surface area contributed by atoms with Gasteiger partial charge in [-0.1, -0.05) is 36.4 Å². The smallest absolute Gasteiger partial charge is 0.318 e. The first kappa shape index (κ1) is 17.9. The second-order valence-electron chi connectivity index (χ2n) is 5.85. The molecule has 5 heteroatoms. The molecule has 1 heterocycles. The molecular weight excluding hydrogens is 302 g/mol. The van der Waals surface area contributed by atoms with Crippen LogP contribution in [-0.4, -0.2) is 34.7 Å². The number of carbonyl (C=O) groups excluding carboxylic acids is 1. The van der Waals surface area contributed by atoms with Crippen molar-refractivity contribution in [3.63, 3.8) is 0 Å². The van der Waals surface area contributed by atoms with Gasteiger partial charge in [-0.05, 0) is 37.0 Å². The molecule has 2 aromatic rings. The molecule has 2 atom stereocenters. The van der Waals surface area contributed by atoms with E-state index < -0.39 is 0 Å². The maximum absolute atomic E-state index is 12.6. The number of aliphatic hydroxyl groups excluding tert-OH is 1. The van der Waals surface area contributed by atoms with Crippen LogP contribution in [0.25, 0.3) is 0 Å². The van der Waals surface area contributed by atoms with Crippen molar-refractivity contribution in [1.29, 1.82) is 0 Å². The average molecular weight is 327 g/mol. The van der Waals surface area contributed by atoms with Gasteiger partial charge in [0.25, 0.3) is 0 Å². The van der Waals surface area contributed by atoms with Crippen molar-refractivity contribution in [2.45, 2.75) is 31.8 Å².